The molecule has 0 aliphatic carbocycles. The number of hydrogen-bond donors (Lipinski definition) is 3. The summed E-state index contributed by atoms with van der Waals surface area (Å²) in [6.07, 6.45) is 0.678. The van der Waals surface area contributed by atoms with Crippen molar-refractivity contribution < 1.29 is 33.6 Å². The third kappa shape index (κ3) is 17.4. The van der Waals surface area contributed by atoms with Crippen LogP contribution in [0.15, 0.2) is 48.5 Å². The molecule has 3 N–H and O–H groups in total. The van der Waals surface area contributed by atoms with Gasteiger partial charge in [-0.25, -0.2) is 0 Å². The van der Waals surface area contributed by atoms with Gasteiger partial charge >= 0.3 is 11.9 Å². The van der Waals surface area contributed by atoms with Crippen LogP contribution in [0.25, 0.3) is 0 Å². The highest BCUT2D eigenvalue weighted by Crippen LogP contribution is 2.16. The van der Waals surface area contributed by atoms with E-state index >= 15 is 0 Å². The molecule has 0 saturated carbocycles. The molecule has 2 atom stereocenters. The van der Waals surface area contributed by atoms with Gasteiger partial charge in [-0.15, -0.1) is 24.8 Å². The number of rotatable bonds is 19. The van der Waals surface area contributed by atoms with Crippen LogP contribution in [0.2, 0.25) is 0 Å². The van der Waals surface area contributed by atoms with Crippen molar-refractivity contribution in [1.29, 1.82) is 0 Å². The van der Waals surface area contributed by atoms with Gasteiger partial charge in [0.25, 0.3) is 0 Å². The number of hydrogen-bond acceptors (Lipinski definition) is 9. The minimum absolute atomic E-state index is 0. The second-order valence-electron chi connectivity index (χ2n) is 10.4. The van der Waals surface area contributed by atoms with Crippen molar-refractivity contribution in [2.24, 2.45) is 0 Å². The quantitative estimate of drug-likeness (QED) is 0.195. The molecule has 2 unspecified atom stereocenters. The van der Waals surface area contributed by atoms with E-state index < -0.39 is 12.2 Å². The predicted molar refractivity (Wildman–Crippen MR) is 169 cm³/mol. The Morgan fingerprint density at radius 1 is 0.714 bits per heavy atom. The molecule has 0 heterocycles. The summed E-state index contributed by atoms with van der Waals surface area (Å²) in [4.78, 5) is 24.0. The number of halogens is 2. The fourth-order valence-electron chi connectivity index (χ4n) is 3.66. The molecule has 42 heavy (non-hydrogen) atoms. The van der Waals surface area contributed by atoms with Crippen LogP contribution >= 0.6 is 24.8 Å². The van der Waals surface area contributed by atoms with Crippen LogP contribution in [-0.4, -0.2) is 74.7 Å². The SMILES string of the molecule is COC(=O)CCc1ccc(OCC(CNC(C)C)OC(=O)CCc2ccc(OCC(O)CNC(C)C)cc2)cc1.Cl.Cl. The van der Waals surface area contributed by atoms with Gasteiger partial charge in [0.1, 0.15) is 36.9 Å². The third-order valence-electron chi connectivity index (χ3n) is 6.00. The van der Waals surface area contributed by atoms with Crippen LogP contribution in [0, 0.1) is 0 Å². The normalized spacial score (nSPS) is 12.1. The van der Waals surface area contributed by atoms with Crippen molar-refractivity contribution in [2.75, 3.05) is 33.4 Å². The molecule has 0 amide bonds. The minimum atomic E-state index is -0.587. The van der Waals surface area contributed by atoms with E-state index in [9.17, 15) is 14.7 Å². The van der Waals surface area contributed by atoms with E-state index in [1.165, 1.54) is 7.11 Å². The zero-order valence-corrected chi connectivity index (χ0v) is 26.9. The van der Waals surface area contributed by atoms with Crippen molar-refractivity contribution in [3.63, 3.8) is 0 Å². The molecule has 2 aromatic rings. The summed E-state index contributed by atoms with van der Waals surface area (Å²) in [6.45, 7) is 9.49. The van der Waals surface area contributed by atoms with Gasteiger partial charge in [-0.3, -0.25) is 9.59 Å². The lowest BCUT2D eigenvalue weighted by Gasteiger charge is -2.20. The van der Waals surface area contributed by atoms with Crippen LogP contribution in [0.4, 0.5) is 0 Å². The maximum atomic E-state index is 12.6. The second-order valence-corrected chi connectivity index (χ2v) is 10.4. The predicted octanol–water partition coefficient (Wildman–Crippen LogP) is 4.29. The number of ether oxygens (including phenoxy) is 4. The lowest BCUT2D eigenvalue weighted by atomic mass is 10.1. The molecule has 0 saturated heterocycles. The molecule has 11 heteroatoms. The summed E-state index contributed by atoms with van der Waals surface area (Å²) >= 11 is 0. The van der Waals surface area contributed by atoms with Crippen LogP contribution in [0.3, 0.4) is 0 Å². The summed E-state index contributed by atoms with van der Waals surface area (Å²) in [6, 6.07) is 15.6. The fourth-order valence-corrected chi connectivity index (χ4v) is 3.66. The summed E-state index contributed by atoms with van der Waals surface area (Å²) in [5.74, 6) is 0.801. The Balaban J connectivity index is 0.00000840. The largest absolute Gasteiger partial charge is 0.491 e. The standard InChI is InChI=1S/C31H46N2O7.2ClH/c1-22(2)32-18-26(34)20-38-27-12-6-25(7-13-27)11-17-31(36)40-29(19-33-23(3)4)21-39-28-14-8-24(9-15-28)10-16-30(35)37-5;;/h6-9,12-15,22-23,26,29,32-34H,10-11,16-21H2,1-5H3;2*1H. The van der Waals surface area contributed by atoms with Crippen molar-refractivity contribution in [1.82, 2.24) is 10.6 Å². The topological polar surface area (TPSA) is 115 Å². The van der Waals surface area contributed by atoms with Gasteiger partial charge in [-0.05, 0) is 48.2 Å². The van der Waals surface area contributed by atoms with Crippen molar-refractivity contribution in [2.45, 2.75) is 77.7 Å². The molecule has 0 bridgehead atoms. The molecular formula is C31H48Cl2N2O7. The van der Waals surface area contributed by atoms with Crippen molar-refractivity contribution in [3.05, 3.63) is 59.7 Å². The molecular weight excluding hydrogens is 583 g/mol. The van der Waals surface area contributed by atoms with Crippen LogP contribution in [0.5, 0.6) is 11.5 Å². The number of aliphatic hydroxyl groups excluding tert-OH is 1. The zero-order valence-electron chi connectivity index (χ0n) is 25.3. The fraction of sp³-hybridized carbons (Fsp3) is 0.548. The molecule has 2 rings (SSSR count). The minimum Gasteiger partial charge on any atom is -0.491 e. The Morgan fingerprint density at radius 2 is 1.17 bits per heavy atom. The number of carbonyl (C=O) groups excluding carboxylic acids is 2. The molecule has 2 aromatic carbocycles. The summed E-state index contributed by atoms with van der Waals surface area (Å²) in [7, 11) is 1.38. The first-order valence-electron chi connectivity index (χ1n) is 14.0. The van der Waals surface area contributed by atoms with Crippen LogP contribution in [0.1, 0.15) is 51.7 Å². The molecule has 0 aliphatic heterocycles. The Hall–Kier alpha value is -2.56. The van der Waals surface area contributed by atoms with Crippen LogP contribution in [-0.2, 0) is 31.9 Å². The molecule has 0 fully saturated rings. The first-order valence-corrected chi connectivity index (χ1v) is 14.0. The molecule has 0 aliphatic rings. The summed E-state index contributed by atoms with van der Waals surface area (Å²) in [5, 5.41) is 16.5. The highest BCUT2D eigenvalue weighted by atomic mass is 35.5. The highest BCUT2D eigenvalue weighted by Gasteiger charge is 2.16. The van der Waals surface area contributed by atoms with Crippen LogP contribution < -0.4 is 20.1 Å². The number of methoxy groups -OCH3 is 1. The van der Waals surface area contributed by atoms with E-state index in [-0.39, 0.29) is 62.4 Å². The number of carbonyl (C=O) groups is 2. The van der Waals surface area contributed by atoms with Gasteiger partial charge < -0.3 is 34.7 Å². The monoisotopic (exact) mass is 630 g/mol. The van der Waals surface area contributed by atoms with E-state index in [1.807, 2.05) is 76.2 Å². The van der Waals surface area contributed by atoms with Gasteiger partial charge in [0.2, 0.25) is 0 Å². The van der Waals surface area contributed by atoms with E-state index in [4.69, 9.17) is 14.2 Å². The first kappa shape index (κ1) is 39.4. The van der Waals surface area contributed by atoms with Gasteiger partial charge in [0, 0.05) is 38.0 Å². The number of aliphatic hydroxyl groups is 1. The maximum absolute atomic E-state index is 12.6. The van der Waals surface area contributed by atoms with E-state index in [2.05, 4.69) is 15.4 Å². The molecule has 0 radical (unpaired) electrons. The Labute approximate surface area is 262 Å². The average molecular weight is 632 g/mol. The molecule has 0 aromatic heterocycles. The zero-order chi connectivity index (χ0) is 29.3. The highest BCUT2D eigenvalue weighted by molar-refractivity contribution is 5.85. The lowest BCUT2D eigenvalue weighted by Crippen LogP contribution is -2.38. The van der Waals surface area contributed by atoms with Gasteiger partial charge in [0.15, 0.2) is 0 Å². The smallest absolute Gasteiger partial charge is 0.306 e. The van der Waals surface area contributed by atoms with E-state index in [1.54, 1.807) is 0 Å². The number of nitrogens with one attached hydrogen (secondary N) is 2. The van der Waals surface area contributed by atoms with E-state index in [0.717, 1.165) is 11.1 Å². The molecule has 238 valence electrons. The molecule has 9 nitrogen and oxygen atoms in total. The van der Waals surface area contributed by atoms with E-state index in [0.29, 0.717) is 49.9 Å². The Kier molecular flexibility index (Phi) is 20.7. The molecule has 0 spiro atoms. The number of aryl methyl sites for hydroxylation is 2. The Morgan fingerprint density at radius 3 is 1.64 bits per heavy atom. The number of benzene rings is 2. The second kappa shape index (κ2) is 22.0. The van der Waals surface area contributed by atoms with Gasteiger partial charge in [0.05, 0.1) is 7.11 Å². The summed E-state index contributed by atoms with van der Waals surface area (Å²) in [5.41, 5.74) is 2.00. The van der Waals surface area contributed by atoms with Crippen molar-refractivity contribution >= 4 is 36.8 Å². The van der Waals surface area contributed by atoms with Crippen molar-refractivity contribution in [3.8, 4) is 11.5 Å². The Bertz CT molecular complexity index is 1010. The first-order chi connectivity index (χ1) is 19.1. The third-order valence-corrected chi connectivity index (χ3v) is 6.00. The maximum Gasteiger partial charge on any atom is 0.306 e. The van der Waals surface area contributed by atoms with Gasteiger partial charge in [-0.1, -0.05) is 52.0 Å². The summed E-state index contributed by atoms with van der Waals surface area (Å²) < 4.78 is 22.0. The average Bonchev–Trinajstić information content (AvgIpc) is 2.94. The van der Waals surface area contributed by atoms with Gasteiger partial charge in [-0.2, -0.15) is 0 Å². The number of esters is 2. The lowest BCUT2D eigenvalue weighted by molar-refractivity contribution is -0.150.